The minimum Gasteiger partial charge on any atom is -0.329 e. The van der Waals surface area contributed by atoms with E-state index in [9.17, 15) is 13.2 Å². The van der Waals surface area contributed by atoms with Gasteiger partial charge in [0, 0.05) is 12.6 Å². The Labute approximate surface area is 89.6 Å². The topological polar surface area (TPSA) is 29.3 Å². The summed E-state index contributed by atoms with van der Waals surface area (Å²) < 4.78 is 36.7. The molecule has 0 rings (SSSR count). The molecule has 2 nitrogen and oxygen atoms in total. The number of alkyl halides is 3. The average molecular weight is 226 g/mol. The smallest absolute Gasteiger partial charge is 0.329 e. The molecule has 0 heterocycles. The lowest BCUT2D eigenvalue weighted by Crippen LogP contribution is -2.45. The van der Waals surface area contributed by atoms with Crippen LogP contribution in [-0.2, 0) is 0 Å². The largest absolute Gasteiger partial charge is 0.401 e. The first kappa shape index (κ1) is 14.7. The van der Waals surface area contributed by atoms with Crippen LogP contribution in [0.2, 0.25) is 0 Å². The van der Waals surface area contributed by atoms with Crippen LogP contribution >= 0.6 is 0 Å². The second kappa shape index (κ2) is 7.06. The van der Waals surface area contributed by atoms with Crippen molar-refractivity contribution in [3.05, 3.63) is 0 Å². The molecule has 0 saturated heterocycles. The Hall–Kier alpha value is -0.290. The summed E-state index contributed by atoms with van der Waals surface area (Å²) in [4.78, 5) is 1.41. The van der Waals surface area contributed by atoms with Crippen LogP contribution in [0.5, 0.6) is 0 Å². The van der Waals surface area contributed by atoms with Gasteiger partial charge in [-0.15, -0.1) is 0 Å². The van der Waals surface area contributed by atoms with Crippen molar-refractivity contribution >= 4 is 0 Å². The van der Waals surface area contributed by atoms with Crippen molar-refractivity contribution in [3.63, 3.8) is 0 Å². The molecule has 0 aliphatic carbocycles. The van der Waals surface area contributed by atoms with E-state index in [4.69, 9.17) is 5.73 Å². The first-order chi connectivity index (χ1) is 6.94. The van der Waals surface area contributed by atoms with Gasteiger partial charge >= 0.3 is 6.18 Å². The highest BCUT2D eigenvalue weighted by Crippen LogP contribution is 2.19. The molecule has 0 aromatic heterocycles. The van der Waals surface area contributed by atoms with Crippen LogP contribution in [0.4, 0.5) is 13.2 Å². The number of nitrogens with zero attached hydrogens (tertiary/aromatic N) is 1. The number of likely N-dealkylation sites (N-methyl/N-ethyl adjacent to an activating group) is 1. The molecule has 2 N–H and O–H groups in total. The highest BCUT2D eigenvalue weighted by molar-refractivity contribution is 4.74. The second-order valence-electron chi connectivity index (χ2n) is 3.71. The fourth-order valence-corrected chi connectivity index (χ4v) is 1.62. The van der Waals surface area contributed by atoms with Gasteiger partial charge in [0.15, 0.2) is 0 Å². The van der Waals surface area contributed by atoms with Gasteiger partial charge in [0.2, 0.25) is 0 Å². The quantitative estimate of drug-likeness (QED) is 0.722. The van der Waals surface area contributed by atoms with Crippen LogP contribution in [0.3, 0.4) is 0 Å². The highest BCUT2D eigenvalue weighted by atomic mass is 19.4. The molecular formula is C10H21F3N2. The van der Waals surface area contributed by atoms with Gasteiger partial charge in [-0.3, -0.25) is 4.90 Å². The van der Waals surface area contributed by atoms with Crippen molar-refractivity contribution in [2.75, 3.05) is 19.6 Å². The molecule has 15 heavy (non-hydrogen) atoms. The zero-order valence-electron chi connectivity index (χ0n) is 9.48. The van der Waals surface area contributed by atoms with Gasteiger partial charge in [-0.2, -0.15) is 13.2 Å². The van der Waals surface area contributed by atoms with Gasteiger partial charge in [-0.05, 0) is 13.0 Å². The molecule has 0 fully saturated rings. The summed E-state index contributed by atoms with van der Waals surface area (Å²) in [6.07, 6.45) is -1.47. The Balaban J connectivity index is 4.20. The van der Waals surface area contributed by atoms with E-state index in [0.29, 0.717) is 13.1 Å². The van der Waals surface area contributed by atoms with E-state index in [0.717, 1.165) is 19.3 Å². The third-order valence-corrected chi connectivity index (χ3v) is 2.47. The van der Waals surface area contributed by atoms with Gasteiger partial charge < -0.3 is 5.73 Å². The number of rotatable bonds is 7. The van der Waals surface area contributed by atoms with E-state index in [2.05, 4.69) is 0 Å². The molecule has 0 radical (unpaired) electrons. The SMILES string of the molecule is CCCCC(CN)N(CC)CC(F)(F)F. The Morgan fingerprint density at radius 1 is 1.27 bits per heavy atom. The maximum absolute atomic E-state index is 12.2. The van der Waals surface area contributed by atoms with Gasteiger partial charge in [0.25, 0.3) is 0 Å². The van der Waals surface area contributed by atoms with Crippen LogP contribution in [0, 0.1) is 0 Å². The summed E-state index contributed by atoms with van der Waals surface area (Å²) in [6.45, 7) is 3.60. The first-order valence-corrected chi connectivity index (χ1v) is 5.45. The standard InChI is InChI=1S/C10H21F3N2/c1-3-5-6-9(7-14)15(4-2)8-10(11,12)13/h9H,3-8,14H2,1-2H3. The van der Waals surface area contributed by atoms with Crippen LogP contribution in [0.15, 0.2) is 0 Å². The summed E-state index contributed by atoms with van der Waals surface area (Å²) in [5, 5.41) is 0. The summed E-state index contributed by atoms with van der Waals surface area (Å²) in [5.41, 5.74) is 5.50. The van der Waals surface area contributed by atoms with Gasteiger partial charge in [-0.1, -0.05) is 26.7 Å². The number of hydrogen-bond acceptors (Lipinski definition) is 2. The van der Waals surface area contributed by atoms with E-state index in [-0.39, 0.29) is 6.04 Å². The molecule has 1 atom stereocenters. The second-order valence-corrected chi connectivity index (χ2v) is 3.71. The predicted octanol–water partition coefficient (Wildman–Crippen LogP) is 2.39. The van der Waals surface area contributed by atoms with E-state index in [1.165, 1.54) is 4.90 Å². The van der Waals surface area contributed by atoms with Crippen LogP contribution < -0.4 is 5.73 Å². The molecule has 0 aliphatic rings. The number of halogens is 3. The first-order valence-electron chi connectivity index (χ1n) is 5.45. The lowest BCUT2D eigenvalue weighted by Gasteiger charge is -2.30. The van der Waals surface area contributed by atoms with Crippen LogP contribution in [0.1, 0.15) is 33.1 Å². The lowest BCUT2D eigenvalue weighted by atomic mass is 10.1. The van der Waals surface area contributed by atoms with Crippen LogP contribution in [-0.4, -0.2) is 36.8 Å². The van der Waals surface area contributed by atoms with Gasteiger partial charge in [0.05, 0.1) is 6.54 Å². The summed E-state index contributed by atoms with van der Waals surface area (Å²) in [7, 11) is 0. The Morgan fingerprint density at radius 3 is 2.20 bits per heavy atom. The molecule has 92 valence electrons. The molecule has 0 aliphatic heterocycles. The third-order valence-electron chi connectivity index (χ3n) is 2.47. The monoisotopic (exact) mass is 226 g/mol. The van der Waals surface area contributed by atoms with Crippen molar-refractivity contribution in [1.29, 1.82) is 0 Å². The van der Waals surface area contributed by atoms with E-state index < -0.39 is 12.7 Å². The van der Waals surface area contributed by atoms with Crippen LogP contribution in [0.25, 0.3) is 0 Å². The van der Waals surface area contributed by atoms with Crippen molar-refractivity contribution in [3.8, 4) is 0 Å². The molecular weight excluding hydrogens is 205 g/mol. The van der Waals surface area contributed by atoms with Gasteiger partial charge in [-0.25, -0.2) is 0 Å². The fraction of sp³-hybridized carbons (Fsp3) is 1.00. The average Bonchev–Trinajstić information content (AvgIpc) is 2.15. The minimum absolute atomic E-state index is 0.142. The maximum Gasteiger partial charge on any atom is 0.401 e. The minimum atomic E-state index is -4.13. The van der Waals surface area contributed by atoms with E-state index in [1.54, 1.807) is 6.92 Å². The zero-order chi connectivity index (χ0) is 11.9. The lowest BCUT2D eigenvalue weighted by molar-refractivity contribution is -0.150. The zero-order valence-corrected chi connectivity index (χ0v) is 9.48. The van der Waals surface area contributed by atoms with Gasteiger partial charge in [0.1, 0.15) is 0 Å². The summed E-state index contributed by atoms with van der Waals surface area (Å²) in [6, 6.07) is -0.142. The molecule has 5 heteroatoms. The van der Waals surface area contributed by atoms with Crippen molar-refractivity contribution < 1.29 is 13.2 Å². The molecule has 0 aromatic rings. The Bertz CT molecular complexity index is 159. The maximum atomic E-state index is 12.2. The number of hydrogen-bond donors (Lipinski definition) is 1. The fourth-order valence-electron chi connectivity index (χ4n) is 1.62. The number of unbranched alkanes of at least 4 members (excludes halogenated alkanes) is 1. The molecule has 0 amide bonds. The normalized spacial score (nSPS) is 14.6. The van der Waals surface area contributed by atoms with Crippen molar-refractivity contribution in [2.24, 2.45) is 5.73 Å². The summed E-state index contributed by atoms with van der Waals surface area (Å²) in [5.74, 6) is 0. The molecule has 0 saturated carbocycles. The molecule has 1 unspecified atom stereocenters. The van der Waals surface area contributed by atoms with E-state index in [1.807, 2.05) is 6.92 Å². The molecule has 0 bridgehead atoms. The number of nitrogens with two attached hydrogens (primary N) is 1. The molecule has 0 aromatic carbocycles. The third kappa shape index (κ3) is 6.73. The predicted molar refractivity (Wildman–Crippen MR) is 55.7 cm³/mol. The molecule has 0 spiro atoms. The highest BCUT2D eigenvalue weighted by Gasteiger charge is 2.32. The van der Waals surface area contributed by atoms with Crippen molar-refractivity contribution in [1.82, 2.24) is 4.90 Å². The Kier molecular flexibility index (Phi) is 6.92. The summed E-state index contributed by atoms with van der Waals surface area (Å²) >= 11 is 0. The Morgan fingerprint density at radius 2 is 1.87 bits per heavy atom. The van der Waals surface area contributed by atoms with E-state index >= 15 is 0 Å². The van der Waals surface area contributed by atoms with Crippen molar-refractivity contribution in [2.45, 2.75) is 45.3 Å².